The van der Waals surface area contributed by atoms with Crippen LogP contribution in [-0.4, -0.2) is 36.6 Å². The molecular weight excluding hydrogens is 224 g/mol. The van der Waals surface area contributed by atoms with E-state index in [4.69, 9.17) is 31.2 Å². The molecule has 6 N–H and O–H groups in total. The zero-order chi connectivity index (χ0) is 12.7. The van der Waals surface area contributed by atoms with Crippen LogP contribution in [0.25, 0.3) is 0 Å². The Balaban J connectivity index is 2.71. The highest BCUT2D eigenvalue weighted by Crippen LogP contribution is 2.32. The van der Waals surface area contributed by atoms with Gasteiger partial charge in [-0.1, -0.05) is 0 Å². The van der Waals surface area contributed by atoms with Gasteiger partial charge in [0.05, 0.1) is 24.6 Å². The first-order chi connectivity index (χ1) is 8.19. The van der Waals surface area contributed by atoms with Crippen LogP contribution in [0, 0.1) is 0 Å². The van der Waals surface area contributed by atoms with E-state index < -0.39 is 0 Å². The van der Waals surface area contributed by atoms with Gasteiger partial charge in [0.25, 0.3) is 0 Å². The van der Waals surface area contributed by atoms with Crippen molar-refractivity contribution in [2.75, 3.05) is 37.9 Å². The lowest BCUT2D eigenvalue weighted by Crippen LogP contribution is -2.06. The van der Waals surface area contributed by atoms with E-state index in [0.29, 0.717) is 35.9 Å². The lowest BCUT2D eigenvalue weighted by molar-refractivity contribution is 0.202. The van der Waals surface area contributed by atoms with Gasteiger partial charge in [-0.05, 0) is 0 Å². The van der Waals surface area contributed by atoms with Gasteiger partial charge in [0, 0.05) is 25.2 Å². The van der Waals surface area contributed by atoms with Gasteiger partial charge >= 0.3 is 0 Å². The highest BCUT2D eigenvalue weighted by Gasteiger charge is 2.07. The summed E-state index contributed by atoms with van der Waals surface area (Å²) >= 11 is 0. The van der Waals surface area contributed by atoms with Gasteiger partial charge < -0.3 is 31.2 Å². The summed E-state index contributed by atoms with van der Waals surface area (Å²) < 4.78 is 10.5. The second kappa shape index (κ2) is 6.82. The van der Waals surface area contributed by atoms with E-state index in [1.165, 1.54) is 0 Å². The largest absolute Gasteiger partial charge is 0.491 e. The average molecular weight is 242 g/mol. The molecule has 0 bridgehead atoms. The Labute approximate surface area is 99.8 Å². The molecule has 0 fully saturated rings. The fourth-order valence-corrected chi connectivity index (χ4v) is 1.24. The third-order valence-corrected chi connectivity index (χ3v) is 2.05. The van der Waals surface area contributed by atoms with Crippen molar-refractivity contribution in [2.45, 2.75) is 6.42 Å². The van der Waals surface area contributed by atoms with Crippen LogP contribution in [0.3, 0.4) is 0 Å². The van der Waals surface area contributed by atoms with Crippen LogP contribution in [0.2, 0.25) is 0 Å². The summed E-state index contributed by atoms with van der Waals surface area (Å²) in [5.41, 5.74) is 12.3. The molecule has 1 rings (SSSR count). The number of ether oxygens (including phenoxy) is 2. The van der Waals surface area contributed by atoms with Crippen LogP contribution >= 0.6 is 0 Å². The van der Waals surface area contributed by atoms with Gasteiger partial charge in [-0.2, -0.15) is 0 Å². The molecule has 96 valence electrons. The summed E-state index contributed by atoms with van der Waals surface area (Å²) in [5, 5.41) is 17.3. The minimum absolute atomic E-state index is 0.0626. The van der Waals surface area contributed by atoms with Crippen LogP contribution < -0.4 is 20.9 Å². The Bertz CT molecular complexity index is 358. The van der Waals surface area contributed by atoms with Gasteiger partial charge in [-0.3, -0.25) is 0 Å². The molecule has 0 aromatic heterocycles. The first-order valence-corrected chi connectivity index (χ1v) is 5.35. The summed E-state index contributed by atoms with van der Waals surface area (Å²) in [4.78, 5) is 0. The van der Waals surface area contributed by atoms with E-state index in [1.807, 2.05) is 0 Å². The van der Waals surface area contributed by atoms with E-state index in [-0.39, 0.29) is 19.8 Å². The van der Waals surface area contributed by atoms with Gasteiger partial charge in [0.2, 0.25) is 0 Å². The number of anilines is 2. The van der Waals surface area contributed by atoms with Crippen molar-refractivity contribution in [3.8, 4) is 11.5 Å². The Kier molecular flexibility index (Phi) is 5.38. The minimum Gasteiger partial charge on any atom is -0.491 e. The smallest absolute Gasteiger partial charge is 0.144 e. The monoisotopic (exact) mass is 242 g/mol. The lowest BCUT2D eigenvalue weighted by atomic mass is 10.2. The molecule has 0 unspecified atom stereocenters. The minimum atomic E-state index is -0.0892. The maximum atomic E-state index is 8.64. The zero-order valence-electron chi connectivity index (χ0n) is 9.56. The van der Waals surface area contributed by atoms with Gasteiger partial charge in [-0.25, -0.2) is 0 Å². The molecule has 1 aromatic rings. The number of hydrogen-bond donors (Lipinski definition) is 4. The van der Waals surface area contributed by atoms with Crippen LogP contribution in [-0.2, 0) is 0 Å². The molecule has 0 atom stereocenters. The molecule has 0 saturated carbocycles. The predicted octanol–water partition coefficient (Wildman–Crippen LogP) is -0.0167. The van der Waals surface area contributed by atoms with Gasteiger partial charge in [0.1, 0.15) is 18.1 Å². The van der Waals surface area contributed by atoms with Gasteiger partial charge in [0.15, 0.2) is 0 Å². The topological polar surface area (TPSA) is 111 Å². The molecule has 0 aliphatic heterocycles. The van der Waals surface area contributed by atoms with Crippen molar-refractivity contribution in [2.24, 2.45) is 0 Å². The number of benzene rings is 1. The second-order valence-corrected chi connectivity index (χ2v) is 3.43. The number of aliphatic hydroxyl groups is 2. The standard InChI is InChI=1S/C11H18N2O4/c12-8-7-11(17-5-3-15)9(13)6-10(8)16-4-1-2-14/h6-7,14-15H,1-5,12-13H2. The molecule has 0 heterocycles. The summed E-state index contributed by atoms with van der Waals surface area (Å²) in [5.74, 6) is 0.887. The third-order valence-electron chi connectivity index (χ3n) is 2.05. The molecule has 0 saturated heterocycles. The predicted molar refractivity (Wildman–Crippen MR) is 65.0 cm³/mol. The van der Waals surface area contributed by atoms with E-state index >= 15 is 0 Å². The Morgan fingerprint density at radius 2 is 1.41 bits per heavy atom. The van der Waals surface area contributed by atoms with Crippen molar-refractivity contribution >= 4 is 11.4 Å². The van der Waals surface area contributed by atoms with E-state index in [0.717, 1.165) is 0 Å². The molecule has 17 heavy (non-hydrogen) atoms. The Hall–Kier alpha value is -1.66. The van der Waals surface area contributed by atoms with Crippen molar-refractivity contribution in [3.05, 3.63) is 12.1 Å². The van der Waals surface area contributed by atoms with Crippen LogP contribution in [0.1, 0.15) is 6.42 Å². The Morgan fingerprint density at radius 3 is 1.88 bits per heavy atom. The number of rotatable bonds is 7. The lowest BCUT2D eigenvalue weighted by Gasteiger charge is -2.13. The maximum Gasteiger partial charge on any atom is 0.144 e. The summed E-state index contributed by atoms with van der Waals surface area (Å²) in [7, 11) is 0. The summed E-state index contributed by atoms with van der Waals surface area (Å²) in [6.45, 7) is 0.506. The molecule has 0 amide bonds. The van der Waals surface area contributed by atoms with Crippen molar-refractivity contribution in [3.63, 3.8) is 0 Å². The van der Waals surface area contributed by atoms with Crippen molar-refractivity contribution in [1.82, 2.24) is 0 Å². The number of aliphatic hydroxyl groups excluding tert-OH is 2. The normalized spacial score (nSPS) is 10.2. The second-order valence-electron chi connectivity index (χ2n) is 3.43. The van der Waals surface area contributed by atoms with Crippen molar-refractivity contribution < 1.29 is 19.7 Å². The highest BCUT2D eigenvalue weighted by atomic mass is 16.5. The molecule has 0 spiro atoms. The summed E-state index contributed by atoms with van der Waals surface area (Å²) in [6, 6.07) is 3.12. The van der Waals surface area contributed by atoms with Crippen LogP contribution in [0.5, 0.6) is 11.5 Å². The molecule has 6 nitrogen and oxygen atoms in total. The molecule has 0 aliphatic carbocycles. The molecular formula is C11H18N2O4. The highest BCUT2D eigenvalue weighted by molar-refractivity contribution is 5.67. The molecule has 1 aromatic carbocycles. The van der Waals surface area contributed by atoms with Crippen LogP contribution in [0.15, 0.2) is 12.1 Å². The first kappa shape index (κ1) is 13.4. The molecule has 6 heteroatoms. The van der Waals surface area contributed by atoms with E-state index in [9.17, 15) is 0 Å². The van der Waals surface area contributed by atoms with E-state index in [2.05, 4.69) is 0 Å². The number of nitrogen functional groups attached to an aromatic ring is 2. The van der Waals surface area contributed by atoms with Crippen LogP contribution in [0.4, 0.5) is 11.4 Å². The van der Waals surface area contributed by atoms with Crippen molar-refractivity contribution in [1.29, 1.82) is 0 Å². The number of hydrogen-bond acceptors (Lipinski definition) is 6. The quantitative estimate of drug-likeness (QED) is 0.395. The zero-order valence-corrected chi connectivity index (χ0v) is 9.56. The summed E-state index contributed by atoms with van der Waals surface area (Å²) in [6.07, 6.45) is 0.530. The maximum absolute atomic E-state index is 8.64. The number of nitrogens with two attached hydrogens (primary N) is 2. The van der Waals surface area contributed by atoms with E-state index in [1.54, 1.807) is 12.1 Å². The average Bonchev–Trinajstić information content (AvgIpc) is 2.31. The van der Waals surface area contributed by atoms with Gasteiger partial charge in [-0.15, -0.1) is 0 Å². The third kappa shape index (κ3) is 4.01. The molecule has 0 radical (unpaired) electrons. The fraction of sp³-hybridized carbons (Fsp3) is 0.455. The fourth-order valence-electron chi connectivity index (χ4n) is 1.24. The Morgan fingerprint density at radius 1 is 0.882 bits per heavy atom. The SMILES string of the molecule is Nc1cc(OCCCO)c(N)cc1OCCO. The molecule has 0 aliphatic rings. The first-order valence-electron chi connectivity index (χ1n) is 5.35.